The molecular formula is C32H32N4O7S. The summed E-state index contributed by atoms with van der Waals surface area (Å²) in [6.45, 7) is 3.52. The van der Waals surface area contributed by atoms with E-state index in [0.29, 0.717) is 45.6 Å². The highest BCUT2D eigenvalue weighted by molar-refractivity contribution is 8.00. The molecule has 0 saturated carbocycles. The first-order chi connectivity index (χ1) is 21.2. The number of benzene rings is 3. The summed E-state index contributed by atoms with van der Waals surface area (Å²) < 4.78 is 21.3. The molecule has 1 aromatic heterocycles. The van der Waals surface area contributed by atoms with E-state index in [1.54, 1.807) is 86.6 Å². The van der Waals surface area contributed by atoms with E-state index in [2.05, 4.69) is 21.1 Å². The second-order valence-corrected chi connectivity index (χ2v) is 10.8. The number of nitrogens with zero attached hydrogens (tertiary/aromatic N) is 1. The number of carbonyl (C=O) groups excluding carboxylic acids is 3. The van der Waals surface area contributed by atoms with Gasteiger partial charge in [-0.2, -0.15) is 0 Å². The molecule has 11 nitrogen and oxygen atoms in total. The molecule has 4 rings (SSSR count). The van der Waals surface area contributed by atoms with Gasteiger partial charge in [-0.25, -0.2) is 0 Å². The second kappa shape index (κ2) is 14.8. The first-order valence-electron chi connectivity index (χ1n) is 13.4. The maximum atomic E-state index is 13.5. The minimum absolute atomic E-state index is 0.0313. The van der Waals surface area contributed by atoms with Gasteiger partial charge in [-0.1, -0.05) is 23.4 Å². The fraction of sp³-hybridized carbons (Fsp3) is 0.188. The van der Waals surface area contributed by atoms with Gasteiger partial charge in [-0.3, -0.25) is 14.4 Å². The molecule has 0 spiro atoms. The molecule has 0 aliphatic heterocycles. The van der Waals surface area contributed by atoms with Crippen molar-refractivity contribution in [3.63, 3.8) is 0 Å². The Morgan fingerprint density at radius 2 is 1.52 bits per heavy atom. The Morgan fingerprint density at radius 3 is 2.14 bits per heavy atom. The maximum Gasteiger partial charge on any atom is 0.272 e. The number of nitrogens with one attached hydrogen (secondary N) is 3. The van der Waals surface area contributed by atoms with Crippen LogP contribution in [-0.4, -0.2) is 49.5 Å². The number of carbonyl (C=O) groups is 3. The summed E-state index contributed by atoms with van der Waals surface area (Å²) >= 11 is 1.34. The van der Waals surface area contributed by atoms with Crippen LogP contribution in [0.4, 0.5) is 11.5 Å². The van der Waals surface area contributed by atoms with Crippen molar-refractivity contribution in [1.29, 1.82) is 0 Å². The molecule has 0 saturated heterocycles. The van der Waals surface area contributed by atoms with E-state index in [4.69, 9.17) is 18.7 Å². The zero-order valence-corrected chi connectivity index (χ0v) is 25.6. The number of aromatic nitrogens is 1. The first-order valence-corrected chi connectivity index (χ1v) is 14.3. The van der Waals surface area contributed by atoms with Crippen molar-refractivity contribution in [2.45, 2.75) is 24.0 Å². The van der Waals surface area contributed by atoms with Crippen LogP contribution in [0.5, 0.6) is 17.2 Å². The third kappa shape index (κ3) is 8.19. The molecule has 12 heteroatoms. The molecule has 3 amide bonds. The molecule has 0 bridgehead atoms. The lowest BCUT2D eigenvalue weighted by Crippen LogP contribution is -2.30. The highest BCUT2D eigenvalue weighted by Gasteiger charge is 2.19. The molecular weight excluding hydrogens is 584 g/mol. The third-order valence-corrected chi connectivity index (χ3v) is 7.35. The Balaban J connectivity index is 1.53. The van der Waals surface area contributed by atoms with Crippen molar-refractivity contribution in [1.82, 2.24) is 10.5 Å². The van der Waals surface area contributed by atoms with Crippen molar-refractivity contribution in [2.24, 2.45) is 0 Å². The van der Waals surface area contributed by atoms with E-state index in [0.717, 1.165) is 4.90 Å². The lowest BCUT2D eigenvalue weighted by atomic mass is 10.1. The van der Waals surface area contributed by atoms with Gasteiger partial charge in [0.15, 0.2) is 17.3 Å². The van der Waals surface area contributed by atoms with Crippen LogP contribution in [-0.2, 0) is 9.59 Å². The Kier molecular flexibility index (Phi) is 10.7. The molecule has 0 aliphatic carbocycles. The summed E-state index contributed by atoms with van der Waals surface area (Å²) in [6, 6.07) is 20.4. The van der Waals surface area contributed by atoms with Gasteiger partial charge in [-0.05, 0) is 62.4 Å². The monoisotopic (exact) mass is 616 g/mol. The first kappa shape index (κ1) is 31.7. The normalized spacial score (nSPS) is 11.7. The summed E-state index contributed by atoms with van der Waals surface area (Å²) in [6.07, 6.45) is 1.50. The SMILES string of the molecule is COc1cc(OC)c(OC)cc1/C=C(\NC(=O)c1ccccc1)C(=O)Nc1ccc(SC(C)C(=O)Nc2cc(C)on2)cc1. The highest BCUT2D eigenvalue weighted by atomic mass is 32.2. The predicted octanol–water partition coefficient (Wildman–Crippen LogP) is 5.54. The van der Waals surface area contributed by atoms with Crippen LogP contribution in [0.3, 0.4) is 0 Å². The smallest absolute Gasteiger partial charge is 0.272 e. The number of methoxy groups -OCH3 is 3. The van der Waals surface area contributed by atoms with Crippen molar-refractivity contribution < 1.29 is 33.1 Å². The topological polar surface area (TPSA) is 141 Å². The van der Waals surface area contributed by atoms with Crippen LogP contribution in [0.2, 0.25) is 0 Å². The van der Waals surface area contributed by atoms with Crippen LogP contribution in [0.1, 0.15) is 28.6 Å². The fourth-order valence-electron chi connectivity index (χ4n) is 3.99. The van der Waals surface area contributed by atoms with Gasteiger partial charge in [0.2, 0.25) is 5.91 Å². The summed E-state index contributed by atoms with van der Waals surface area (Å²) in [5.74, 6) is 0.953. The van der Waals surface area contributed by atoms with Crippen molar-refractivity contribution in [2.75, 3.05) is 32.0 Å². The Morgan fingerprint density at radius 1 is 0.864 bits per heavy atom. The summed E-state index contributed by atoms with van der Waals surface area (Å²) in [5.41, 5.74) is 1.30. The molecule has 1 unspecified atom stereocenters. The van der Waals surface area contributed by atoms with E-state index >= 15 is 0 Å². The molecule has 0 fully saturated rings. The Hall–Kier alpha value is -5.23. The van der Waals surface area contributed by atoms with E-state index in [9.17, 15) is 14.4 Å². The number of aryl methyl sites for hydroxylation is 1. The van der Waals surface area contributed by atoms with Gasteiger partial charge < -0.3 is 34.7 Å². The quantitative estimate of drug-likeness (QED) is 0.138. The van der Waals surface area contributed by atoms with Crippen LogP contribution in [0.15, 0.2) is 87.9 Å². The number of ether oxygens (including phenoxy) is 3. The third-order valence-electron chi connectivity index (χ3n) is 6.24. The van der Waals surface area contributed by atoms with Gasteiger partial charge in [0.25, 0.3) is 11.8 Å². The molecule has 228 valence electrons. The number of anilines is 2. The predicted molar refractivity (Wildman–Crippen MR) is 168 cm³/mol. The van der Waals surface area contributed by atoms with Gasteiger partial charge in [0.1, 0.15) is 17.2 Å². The van der Waals surface area contributed by atoms with E-state index in [1.807, 2.05) is 0 Å². The molecule has 44 heavy (non-hydrogen) atoms. The average Bonchev–Trinajstić information content (AvgIpc) is 3.45. The Bertz CT molecular complexity index is 1650. The summed E-state index contributed by atoms with van der Waals surface area (Å²) in [7, 11) is 4.49. The number of hydrogen-bond acceptors (Lipinski definition) is 9. The largest absolute Gasteiger partial charge is 0.496 e. The van der Waals surface area contributed by atoms with Crippen LogP contribution >= 0.6 is 11.8 Å². The molecule has 1 atom stereocenters. The summed E-state index contributed by atoms with van der Waals surface area (Å²) in [5, 5.41) is 11.6. The van der Waals surface area contributed by atoms with Gasteiger partial charge in [0, 0.05) is 33.8 Å². The minimum Gasteiger partial charge on any atom is -0.496 e. The molecule has 1 heterocycles. The average molecular weight is 617 g/mol. The van der Waals surface area contributed by atoms with Crippen molar-refractivity contribution in [3.05, 3.63) is 95.4 Å². The van der Waals surface area contributed by atoms with E-state index < -0.39 is 17.1 Å². The molecule has 0 aliphatic rings. The standard InChI is InChI=1S/C32H32N4O7S/c1-19-15-29(36-43-19)35-30(37)20(2)44-24-13-11-23(12-14-24)33-32(39)25(34-31(38)21-9-7-6-8-10-21)16-22-17-27(41-4)28(42-5)18-26(22)40-3/h6-18,20H,1-5H3,(H,33,39)(H,34,38)(H,35,36,37)/b25-16-. The Labute approximate surface area is 258 Å². The molecule has 3 aromatic carbocycles. The maximum absolute atomic E-state index is 13.5. The molecule has 3 N–H and O–H groups in total. The van der Waals surface area contributed by atoms with Crippen LogP contribution in [0.25, 0.3) is 6.08 Å². The zero-order chi connectivity index (χ0) is 31.6. The second-order valence-electron chi connectivity index (χ2n) is 9.38. The van der Waals surface area contributed by atoms with E-state index in [1.165, 1.54) is 39.2 Å². The zero-order valence-electron chi connectivity index (χ0n) is 24.8. The lowest BCUT2D eigenvalue weighted by molar-refractivity contribution is -0.115. The van der Waals surface area contributed by atoms with Gasteiger partial charge >= 0.3 is 0 Å². The summed E-state index contributed by atoms with van der Waals surface area (Å²) in [4.78, 5) is 39.9. The highest BCUT2D eigenvalue weighted by Crippen LogP contribution is 2.35. The van der Waals surface area contributed by atoms with Crippen molar-refractivity contribution in [3.8, 4) is 17.2 Å². The van der Waals surface area contributed by atoms with E-state index in [-0.39, 0.29) is 11.6 Å². The molecule has 0 radical (unpaired) electrons. The van der Waals surface area contributed by atoms with Crippen LogP contribution in [0, 0.1) is 6.92 Å². The van der Waals surface area contributed by atoms with Crippen LogP contribution < -0.4 is 30.2 Å². The number of hydrogen-bond donors (Lipinski definition) is 3. The van der Waals surface area contributed by atoms with Gasteiger partial charge in [0.05, 0.1) is 26.6 Å². The number of thioether (sulfide) groups is 1. The molecule has 4 aromatic rings. The lowest BCUT2D eigenvalue weighted by Gasteiger charge is -2.15. The van der Waals surface area contributed by atoms with Gasteiger partial charge in [-0.15, -0.1) is 11.8 Å². The minimum atomic E-state index is -0.567. The number of rotatable bonds is 12. The fourth-order valence-corrected chi connectivity index (χ4v) is 4.86. The van der Waals surface area contributed by atoms with Crippen molar-refractivity contribution >= 4 is 47.1 Å². The number of amides is 3.